The molecule has 16 heavy (non-hydrogen) atoms. The molecule has 90 valence electrons. The Labute approximate surface area is 98.6 Å². The SMILES string of the molecule is [CH]N([CH])CCN([CH])CCN(CC)CC(=O)O. The highest BCUT2D eigenvalue weighted by Gasteiger charge is 2.08. The predicted molar refractivity (Wildman–Crippen MR) is 60.9 cm³/mol. The molecule has 0 heterocycles. The van der Waals surface area contributed by atoms with Crippen LogP contribution >= 0.6 is 0 Å². The van der Waals surface area contributed by atoms with Gasteiger partial charge in [0, 0.05) is 47.3 Å². The van der Waals surface area contributed by atoms with Crippen LogP contribution in [0.4, 0.5) is 0 Å². The van der Waals surface area contributed by atoms with Crippen molar-refractivity contribution in [3.05, 3.63) is 21.1 Å². The summed E-state index contributed by atoms with van der Waals surface area (Å²) >= 11 is 0. The molecule has 5 nitrogen and oxygen atoms in total. The van der Waals surface area contributed by atoms with Crippen LogP contribution in [0.25, 0.3) is 0 Å². The lowest BCUT2D eigenvalue weighted by Gasteiger charge is -2.23. The van der Waals surface area contributed by atoms with Crippen molar-refractivity contribution in [2.24, 2.45) is 0 Å². The zero-order valence-corrected chi connectivity index (χ0v) is 9.67. The summed E-state index contributed by atoms with van der Waals surface area (Å²) in [7, 11) is 16.1. The van der Waals surface area contributed by atoms with Gasteiger partial charge in [0.15, 0.2) is 0 Å². The first-order valence-electron chi connectivity index (χ1n) is 5.16. The third kappa shape index (κ3) is 8.64. The molecule has 0 atom stereocenters. The van der Waals surface area contributed by atoms with Crippen LogP contribution in [0.1, 0.15) is 6.92 Å². The van der Waals surface area contributed by atoms with Crippen LogP contribution in [-0.4, -0.2) is 65.0 Å². The summed E-state index contributed by atoms with van der Waals surface area (Å²) in [5.74, 6) is -0.833. The van der Waals surface area contributed by atoms with E-state index in [1.165, 1.54) is 0 Å². The van der Waals surface area contributed by atoms with Crippen molar-refractivity contribution in [3.8, 4) is 0 Å². The molecule has 0 saturated heterocycles. The summed E-state index contributed by atoms with van der Waals surface area (Å²) in [5.41, 5.74) is 0. The fraction of sp³-hybridized carbons (Fsp3) is 0.636. The maximum atomic E-state index is 10.5. The summed E-state index contributed by atoms with van der Waals surface area (Å²) in [6.45, 7) is 4.80. The quantitative estimate of drug-likeness (QED) is 0.560. The van der Waals surface area contributed by atoms with Crippen molar-refractivity contribution in [1.29, 1.82) is 0 Å². The molecule has 0 bridgehead atoms. The monoisotopic (exact) mass is 225 g/mol. The van der Waals surface area contributed by atoms with Crippen LogP contribution in [-0.2, 0) is 4.79 Å². The maximum absolute atomic E-state index is 10.5. The number of likely N-dealkylation sites (N-methyl/N-ethyl adjacent to an activating group) is 1. The van der Waals surface area contributed by atoms with E-state index in [1.54, 1.807) is 9.80 Å². The van der Waals surface area contributed by atoms with Gasteiger partial charge in [0.25, 0.3) is 0 Å². The number of carbonyl (C=O) groups is 1. The zero-order valence-electron chi connectivity index (χ0n) is 9.67. The highest BCUT2D eigenvalue weighted by molar-refractivity contribution is 5.69. The van der Waals surface area contributed by atoms with E-state index in [1.807, 2.05) is 6.92 Å². The minimum Gasteiger partial charge on any atom is -0.480 e. The van der Waals surface area contributed by atoms with Crippen molar-refractivity contribution >= 4 is 5.97 Å². The lowest BCUT2D eigenvalue weighted by atomic mass is 10.4. The predicted octanol–water partition coefficient (Wildman–Crippen LogP) is 0.00267. The Hall–Kier alpha value is -0.650. The third-order valence-corrected chi connectivity index (χ3v) is 2.15. The zero-order chi connectivity index (χ0) is 12.6. The van der Waals surface area contributed by atoms with Gasteiger partial charge >= 0.3 is 5.97 Å². The van der Waals surface area contributed by atoms with Gasteiger partial charge in [0.05, 0.1) is 6.54 Å². The van der Waals surface area contributed by atoms with E-state index in [4.69, 9.17) is 26.2 Å². The second-order valence-electron chi connectivity index (χ2n) is 3.54. The van der Waals surface area contributed by atoms with Crippen molar-refractivity contribution in [2.75, 3.05) is 39.3 Å². The first kappa shape index (κ1) is 15.3. The molecule has 6 radical (unpaired) electrons. The Morgan fingerprint density at radius 2 is 1.69 bits per heavy atom. The number of rotatable bonds is 9. The van der Waals surface area contributed by atoms with Gasteiger partial charge in [0.1, 0.15) is 0 Å². The van der Waals surface area contributed by atoms with Gasteiger partial charge < -0.3 is 5.11 Å². The summed E-state index contributed by atoms with van der Waals surface area (Å²) in [4.78, 5) is 14.9. The van der Waals surface area contributed by atoms with Crippen molar-refractivity contribution < 1.29 is 9.90 Å². The van der Waals surface area contributed by atoms with Crippen LogP contribution in [0.15, 0.2) is 0 Å². The number of hydrogen-bond donors (Lipinski definition) is 1. The molecule has 0 saturated carbocycles. The van der Waals surface area contributed by atoms with Gasteiger partial charge in [0.2, 0.25) is 0 Å². The second-order valence-corrected chi connectivity index (χ2v) is 3.54. The smallest absolute Gasteiger partial charge is 0.317 e. The van der Waals surface area contributed by atoms with Crippen LogP contribution in [0, 0.1) is 21.1 Å². The fourth-order valence-electron chi connectivity index (χ4n) is 1.17. The van der Waals surface area contributed by atoms with E-state index in [9.17, 15) is 4.79 Å². The topological polar surface area (TPSA) is 47.0 Å². The van der Waals surface area contributed by atoms with E-state index in [0.29, 0.717) is 32.7 Å². The van der Waals surface area contributed by atoms with Crippen LogP contribution in [0.2, 0.25) is 0 Å². The van der Waals surface area contributed by atoms with Crippen molar-refractivity contribution in [3.63, 3.8) is 0 Å². The molecule has 0 aliphatic heterocycles. The lowest BCUT2D eigenvalue weighted by molar-refractivity contribution is -0.138. The van der Waals surface area contributed by atoms with E-state index in [2.05, 4.69) is 0 Å². The maximum Gasteiger partial charge on any atom is 0.317 e. The summed E-state index contributed by atoms with van der Waals surface area (Å²) in [6, 6.07) is 0. The molecule has 0 aliphatic rings. The standard InChI is InChI=1S/C11H19N3O2/c1-5-14(10-11(15)16)9-8-13(4)7-6-12(2)3/h2-4H,5-10H2,1H3,(H,15,16). The molecule has 0 rings (SSSR count). The Kier molecular flexibility index (Phi) is 8.15. The molecule has 0 amide bonds. The molecular weight excluding hydrogens is 206 g/mol. The lowest BCUT2D eigenvalue weighted by Crippen LogP contribution is -2.37. The van der Waals surface area contributed by atoms with E-state index in [0.717, 1.165) is 4.90 Å². The first-order valence-corrected chi connectivity index (χ1v) is 5.16. The molecule has 0 aromatic heterocycles. The number of carboxylic acid groups (broad SMARTS) is 1. The molecule has 0 aromatic rings. The normalized spacial score (nSPS) is 11.7. The largest absolute Gasteiger partial charge is 0.480 e. The first-order chi connectivity index (χ1) is 7.45. The summed E-state index contributed by atoms with van der Waals surface area (Å²) in [6.07, 6.45) is 0. The molecule has 0 aromatic carbocycles. The molecular formula is C11H19N3O2. The number of aliphatic carboxylic acids is 1. The second kappa shape index (κ2) is 8.50. The van der Waals surface area contributed by atoms with Gasteiger partial charge in [-0.25, -0.2) is 0 Å². The third-order valence-electron chi connectivity index (χ3n) is 2.15. The van der Waals surface area contributed by atoms with Crippen molar-refractivity contribution in [1.82, 2.24) is 14.7 Å². The molecule has 5 heteroatoms. The number of nitrogens with zero attached hydrogens (tertiary/aromatic N) is 3. The summed E-state index contributed by atoms with van der Waals surface area (Å²) < 4.78 is 0. The van der Waals surface area contributed by atoms with Gasteiger partial charge in [-0.15, -0.1) is 0 Å². The Bertz CT molecular complexity index is 198. The highest BCUT2D eigenvalue weighted by Crippen LogP contribution is 1.92. The molecule has 0 spiro atoms. The van der Waals surface area contributed by atoms with Crippen LogP contribution < -0.4 is 0 Å². The van der Waals surface area contributed by atoms with E-state index >= 15 is 0 Å². The van der Waals surface area contributed by atoms with Gasteiger partial charge in [-0.2, -0.15) is 0 Å². The van der Waals surface area contributed by atoms with Crippen LogP contribution in [0.3, 0.4) is 0 Å². The average molecular weight is 225 g/mol. The highest BCUT2D eigenvalue weighted by atomic mass is 16.4. The van der Waals surface area contributed by atoms with Crippen LogP contribution in [0.5, 0.6) is 0 Å². The van der Waals surface area contributed by atoms with Gasteiger partial charge in [-0.1, -0.05) is 6.92 Å². The van der Waals surface area contributed by atoms with E-state index < -0.39 is 5.97 Å². The molecule has 0 aliphatic carbocycles. The number of carboxylic acids is 1. The fourth-order valence-corrected chi connectivity index (χ4v) is 1.17. The van der Waals surface area contributed by atoms with Gasteiger partial charge in [-0.05, 0) is 6.54 Å². The van der Waals surface area contributed by atoms with Crippen molar-refractivity contribution in [2.45, 2.75) is 6.92 Å². The minimum absolute atomic E-state index is 0.0320. The number of hydrogen-bond acceptors (Lipinski definition) is 4. The molecule has 1 N–H and O–H groups in total. The summed E-state index contributed by atoms with van der Waals surface area (Å²) in [5, 5.41) is 8.63. The Morgan fingerprint density at radius 3 is 2.12 bits per heavy atom. The Balaban J connectivity index is 3.70. The molecule has 0 fully saturated rings. The minimum atomic E-state index is -0.833. The molecule has 0 unspecified atom stereocenters. The average Bonchev–Trinajstić information content (AvgIpc) is 2.20. The van der Waals surface area contributed by atoms with Gasteiger partial charge in [-0.3, -0.25) is 19.5 Å². The van der Waals surface area contributed by atoms with E-state index in [-0.39, 0.29) is 6.54 Å². The Morgan fingerprint density at radius 1 is 1.12 bits per heavy atom.